The van der Waals surface area contributed by atoms with Crippen molar-refractivity contribution in [2.24, 2.45) is 0 Å². The van der Waals surface area contributed by atoms with Gasteiger partial charge in [-0.2, -0.15) is 0 Å². The van der Waals surface area contributed by atoms with Crippen molar-refractivity contribution in [2.45, 2.75) is 20.4 Å². The van der Waals surface area contributed by atoms with Crippen molar-refractivity contribution >= 4 is 23.3 Å². The molecule has 2 N–H and O–H groups in total. The molecular weight excluding hydrogens is 356 g/mol. The molecule has 144 valence electrons. The topological polar surface area (TPSA) is 79.5 Å². The number of hydrogen-bond donors (Lipinski definition) is 2. The van der Waals surface area contributed by atoms with Crippen molar-refractivity contribution in [1.82, 2.24) is 9.88 Å². The van der Waals surface area contributed by atoms with Crippen LogP contribution in [0, 0.1) is 13.8 Å². The lowest BCUT2D eigenvalue weighted by Crippen LogP contribution is -2.27. The number of furan rings is 1. The van der Waals surface area contributed by atoms with Gasteiger partial charge in [0.1, 0.15) is 5.76 Å². The summed E-state index contributed by atoms with van der Waals surface area (Å²) in [7, 11) is 0. The number of anilines is 2. The highest BCUT2D eigenvalue weighted by Gasteiger charge is 2.22. The smallest absolute Gasteiger partial charge is 0.321 e. The normalized spacial score (nSPS) is 13.6. The van der Waals surface area contributed by atoms with Crippen LogP contribution in [0.5, 0.6) is 0 Å². The predicted octanol–water partition coefficient (Wildman–Crippen LogP) is 3.53. The minimum absolute atomic E-state index is 0.120. The summed E-state index contributed by atoms with van der Waals surface area (Å²) < 4.78 is 7.48. The minimum Gasteiger partial charge on any atom is -0.467 e. The largest absolute Gasteiger partial charge is 0.467 e. The highest BCUT2D eigenvalue weighted by atomic mass is 16.3. The quantitative estimate of drug-likeness (QED) is 0.713. The predicted molar refractivity (Wildman–Crippen MR) is 107 cm³/mol. The number of carbonyl (C=O) groups excluding carboxylic acids is 2. The molecule has 7 nitrogen and oxygen atoms in total. The lowest BCUT2D eigenvalue weighted by molar-refractivity contribution is 0.102. The molecule has 28 heavy (non-hydrogen) atoms. The summed E-state index contributed by atoms with van der Waals surface area (Å²) in [6, 6.07) is 12.8. The van der Waals surface area contributed by atoms with Crippen LogP contribution < -0.4 is 15.5 Å². The van der Waals surface area contributed by atoms with E-state index in [1.54, 1.807) is 11.2 Å². The van der Waals surface area contributed by atoms with E-state index in [1.807, 2.05) is 56.3 Å². The van der Waals surface area contributed by atoms with Gasteiger partial charge in [0.15, 0.2) is 0 Å². The average molecular weight is 378 g/mol. The fourth-order valence-electron chi connectivity index (χ4n) is 3.50. The molecule has 0 spiro atoms. The van der Waals surface area contributed by atoms with Gasteiger partial charge in [0.05, 0.1) is 18.4 Å². The Balaban J connectivity index is 1.53. The van der Waals surface area contributed by atoms with E-state index >= 15 is 0 Å². The fraction of sp³-hybridized carbons (Fsp3) is 0.238. The number of amides is 3. The lowest BCUT2D eigenvalue weighted by atomic mass is 10.2. The molecule has 1 aliphatic heterocycles. The first kappa shape index (κ1) is 17.9. The van der Waals surface area contributed by atoms with Crippen LogP contribution in [0.25, 0.3) is 0 Å². The highest BCUT2D eigenvalue weighted by Crippen LogP contribution is 2.23. The highest BCUT2D eigenvalue weighted by molar-refractivity contribution is 6.05. The molecule has 0 bridgehead atoms. The summed E-state index contributed by atoms with van der Waals surface area (Å²) in [5.74, 6) is 0.659. The molecule has 0 unspecified atom stereocenters. The molecule has 3 amide bonds. The molecule has 0 aliphatic carbocycles. The van der Waals surface area contributed by atoms with Crippen molar-refractivity contribution in [3.05, 3.63) is 71.4 Å². The second-order valence-corrected chi connectivity index (χ2v) is 6.84. The zero-order valence-electron chi connectivity index (χ0n) is 15.9. The molecule has 0 atom stereocenters. The van der Waals surface area contributed by atoms with Crippen LogP contribution in [0.3, 0.4) is 0 Å². The van der Waals surface area contributed by atoms with Gasteiger partial charge in [-0.3, -0.25) is 9.69 Å². The van der Waals surface area contributed by atoms with E-state index in [0.29, 0.717) is 30.9 Å². The summed E-state index contributed by atoms with van der Waals surface area (Å²) >= 11 is 0. The van der Waals surface area contributed by atoms with Gasteiger partial charge >= 0.3 is 6.03 Å². The first-order valence-corrected chi connectivity index (χ1v) is 9.19. The molecule has 7 heteroatoms. The van der Waals surface area contributed by atoms with Gasteiger partial charge in [-0.05, 0) is 50.2 Å². The summed E-state index contributed by atoms with van der Waals surface area (Å²) in [6.45, 7) is 5.72. The van der Waals surface area contributed by atoms with Crippen molar-refractivity contribution in [2.75, 3.05) is 23.3 Å². The Kier molecular flexibility index (Phi) is 4.65. The van der Waals surface area contributed by atoms with Crippen LogP contribution in [-0.2, 0) is 6.54 Å². The van der Waals surface area contributed by atoms with Crippen molar-refractivity contribution in [1.29, 1.82) is 0 Å². The monoisotopic (exact) mass is 378 g/mol. The number of hydrogen-bond acceptors (Lipinski definition) is 3. The summed E-state index contributed by atoms with van der Waals surface area (Å²) in [5, 5.41) is 5.72. The Morgan fingerprint density at radius 2 is 2.07 bits per heavy atom. The molecule has 3 heterocycles. The van der Waals surface area contributed by atoms with Crippen LogP contribution in [0.2, 0.25) is 0 Å². The fourth-order valence-corrected chi connectivity index (χ4v) is 3.50. The molecule has 1 fully saturated rings. The van der Waals surface area contributed by atoms with E-state index in [0.717, 1.165) is 22.8 Å². The number of carbonyl (C=O) groups is 2. The van der Waals surface area contributed by atoms with Gasteiger partial charge in [0.2, 0.25) is 0 Å². The van der Waals surface area contributed by atoms with Crippen LogP contribution in [0.4, 0.5) is 16.2 Å². The van der Waals surface area contributed by atoms with E-state index in [2.05, 4.69) is 15.2 Å². The third-order valence-corrected chi connectivity index (χ3v) is 4.98. The first-order valence-electron chi connectivity index (χ1n) is 9.19. The standard InChI is InChI=1S/C21H22N4O3/c1-14-11-19(15(2)25(14)13-18-7-4-10-28-18)20(26)23-16-5-3-6-17(12-16)24-9-8-22-21(24)27/h3-7,10-12H,8-9,13H2,1-2H3,(H,22,27)(H,23,26). The number of nitrogens with zero attached hydrogens (tertiary/aromatic N) is 2. The van der Waals surface area contributed by atoms with Gasteiger partial charge in [0, 0.05) is 35.9 Å². The Hall–Kier alpha value is -3.48. The van der Waals surface area contributed by atoms with Gasteiger partial charge in [-0.25, -0.2) is 4.79 Å². The number of aromatic nitrogens is 1. The third kappa shape index (κ3) is 3.38. The lowest BCUT2D eigenvalue weighted by Gasteiger charge is -2.15. The molecule has 3 aromatic rings. The summed E-state index contributed by atoms with van der Waals surface area (Å²) in [5.41, 5.74) is 3.89. The number of urea groups is 1. The number of benzene rings is 1. The summed E-state index contributed by atoms with van der Waals surface area (Å²) in [4.78, 5) is 26.4. The Labute approximate surface area is 162 Å². The number of aryl methyl sites for hydroxylation is 1. The van der Waals surface area contributed by atoms with E-state index in [1.165, 1.54) is 0 Å². The van der Waals surface area contributed by atoms with Crippen molar-refractivity contribution in [3.8, 4) is 0 Å². The molecule has 1 aromatic carbocycles. The maximum atomic E-state index is 12.9. The molecule has 2 aromatic heterocycles. The third-order valence-electron chi connectivity index (χ3n) is 4.98. The van der Waals surface area contributed by atoms with Gasteiger partial charge in [0.25, 0.3) is 5.91 Å². The molecular formula is C21H22N4O3. The minimum atomic E-state index is -0.179. The van der Waals surface area contributed by atoms with Crippen LogP contribution in [-0.4, -0.2) is 29.6 Å². The summed E-state index contributed by atoms with van der Waals surface area (Å²) in [6.07, 6.45) is 1.64. The maximum absolute atomic E-state index is 12.9. The first-order chi connectivity index (χ1) is 13.5. The second-order valence-electron chi connectivity index (χ2n) is 6.84. The van der Waals surface area contributed by atoms with Gasteiger partial charge in [-0.15, -0.1) is 0 Å². The second kappa shape index (κ2) is 7.26. The zero-order valence-corrected chi connectivity index (χ0v) is 15.9. The Morgan fingerprint density at radius 1 is 1.21 bits per heavy atom. The molecule has 1 aliphatic rings. The van der Waals surface area contributed by atoms with Gasteiger partial charge in [-0.1, -0.05) is 6.07 Å². The van der Waals surface area contributed by atoms with E-state index in [9.17, 15) is 9.59 Å². The SMILES string of the molecule is Cc1cc(C(=O)Nc2cccc(N3CCNC3=O)c2)c(C)n1Cc1ccco1. The van der Waals surface area contributed by atoms with Crippen LogP contribution in [0.1, 0.15) is 27.5 Å². The molecule has 0 radical (unpaired) electrons. The Morgan fingerprint density at radius 3 is 2.79 bits per heavy atom. The van der Waals surface area contributed by atoms with Crippen LogP contribution in [0.15, 0.2) is 53.1 Å². The molecule has 1 saturated heterocycles. The Bertz CT molecular complexity index is 1020. The van der Waals surface area contributed by atoms with E-state index in [-0.39, 0.29) is 11.9 Å². The van der Waals surface area contributed by atoms with Crippen LogP contribution >= 0.6 is 0 Å². The average Bonchev–Trinajstić information content (AvgIpc) is 3.40. The molecule has 4 rings (SSSR count). The number of rotatable bonds is 5. The molecule has 0 saturated carbocycles. The van der Waals surface area contributed by atoms with Crippen molar-refractivity contribution in [3.63, 3.8) is 0 Å². The zero-order chi connectivity index (χ0) is 19.7. The van der Waals surface area contributed by atoms with E-state index in [4.69, 9.17) is 4.42 Å². The van der Waals surface area contributed by atoms with E-state index < -0.39 is 0 Å². The maximum Gasteiger partial charge on any atom is 0.321 e. The van der Waals surface area contributed by atoms with Gasteiger partial charge < -0.3 is 19.6 Å². The van der Waals surface area contributed by atoms with Crippen molar-refractivity contribution < 1.29 is 14.0 Å². The number of nitrogens with one attached hydrogen (secondary N) is 2.